The van der Waals surface area contributed by atoms with Gasteiger partial charge in [0.15, 0.2) is 0 Å². The molecule has 0 aromatic heterocycles. The molecular formula is C20H30Si. The Kier molecular flexibility index (Phi) is 4.09. The lowest BCUT2D eigenvalue weighted by Gasteiger charge is -2.32. The van der Waals surface area contributed by atoms with E-state index in [9.17, 15) is 0 Å². The van der Waals surface area contributed by atoms with Crippen LogP contribution in [0.5, 0.6) is 0 Å². The molecule has 0 spiro atoms. The van der Waals surface area contributed by atoms with Crippen LogP contribution >= 0.6 is 0 Å². The molecule has 1 heteroatoms. The topological polar surface area (TPSA) is 0 Å². The van der Waals surface area contributed by atoms with E-state index in [1.54, 1.807) is 5.20 Å². The maximum Gasteiger partial charge on any atom is 0.0771 e. The van der Waals surface area contributed by atoms with Crippen molar-refractivity contribution in [2.24, 2.45) is 5.92 Å². The summed E-state index contributed by atoms with van der Waals surface area (Å²) in [5, 5.41) is 1.60. The maximum atomic E-state index is 2.53. The van der Waals surface area contributed by atoms with Crippen LogP contribution < -0.4 is 0 Å². The van der Waals surface area contributed by atoms with E-state index in [0.717, 1.165) is 0 Å². The van der Waals surface area contributed by atoms with Crippen LogP contribution in [0.2, 0.25) is 19.6 Å². The Morgan fingerprint density at radius 2 is 1.48 bits per heavy atom. The molecular weight excluding hydrogens is 268 g/mol. The van der Waals surface area contributed by atoms with E-state index in [0.29, 0.717) is 5.92 Å². The van der Waals surface area contributed by atoms with Crippen LogP contribution in [-0.4, -0.2) is 8.07 Å². The van der Waals surface area contributed by atoms with Gasteiger partial charge in [-0.1, -0.05) is 69.0 Å². The van der Waals surface area contributed by atoms with E-state index >= 15 is 0 Å². The molecule has 0 bridgehead atoms. The summed E-state index contributed by atoms with van der Waals surface area (Å²) >= 11 is 0. The van der Waals surface area contributed by atoms with Gasteiger partial charge in [-0.3, -0.25) is 0 Å². The Hall–Kier alpha value is -1.08. The van der Waals surface area contributed by atoms with Crippen molar-refractivity contribution in [3.63, 3.8) is 0 Å². The molecule has 1 aromatic carbocycles. The van der Waals surface area contributed by atoms with Gasteiger partial charge in [-0.05, 0) is 48.4 Å². The third-order valence-electron chi connectivity index (χ3n) is 5.08. The molecule has 0 amide bonds. The summed E-state index contributed by atoms with van der Waals surface area (Å²) < 4.78 is 0. The van der Waals surface area contributed by atoms with Crippen LogP contribution in [0.4, 0.5) is 0 Å². The zero-order chi connectivity index (χ0) is 16.0. The minimum absolute atomic E-state index is 0.153. The SMILES string of the molecule is Cc1cc(C)c(C(C)(C)C2C=CC([Si](C)(C)C)=C2)cc1C. The number of hydrogen-bond donors (Lipinski definition) is 0. The van der Waals surface area contributed by atoms with Gasteiger partial charge in [0.1, 0.15) is 0 Å². The Morgan fingerprint density at radius 1 is 0.905 bits per heavy atom. The van der Waals surface area contributed by atoms with Gasteiger partial charge in [-0.2, -0.15) is 0 Å². The summed E-state index contributed by atoms with van der Waals surface area (Å²) in [4.78, 5) is 0. The van der Waals surface area contributed by atoms with Crippen LogP contribution in [0.15, 0.2) is 35.6 Å². The summed E-state index contributed by atoms with van der Waals surface area (Å²) in [7, 11) is -1.20. The third kappa shape index (κ3) is 3.08. The molecule has 0 saturated heterocycles. The van der Waals surface area contributed by atoms with E-state index in [-0.39, 0.29) is 5.41 Å². The summed E-state index contributed by atoms with van der Waals surface area (Å²) in [6.45, 7) is 18.8. The molecule has 0 nitrogen and oxygen atoms in total. The second-order valence-corrected chi connectivity index (χ2v) is 13.3. The second-order valence-electron chi connectivity index (χ2n) is 8.23. The predicted molar refractivity (Wildman–Crippen MR) is 97.7 cm³/mol. The fourth-order valence-corrected chi connectivity index (χ4v) is 4.57. The largest absolute Gasteiger partial charge is 0.0775 e. The summed E-state index contributed by atoms with van der Waals surface area (Å²) in [6, 6.07) is 4.74. The monoisotopic (exact) mass is 298 g/mol. The zero-order valence-corrected chi connectivity index (χ0v) is 16.0. The number of aryl methyl sites for hydroxylation is 3. The third-order valence-corrected chi connectivity index (χ3v) is 7.14. The average Bonchev–Trinajstić information content (AvgIpc) is 2.83. The standard InChI is InChI=1S/C20H30Si/c1-14-11-16(3)19(12-15(14)2)20(4,5)17-9-10-18(13-17)21(6,7)8/h9-13,17H,1-8H3. The van der Waals surface area contributed by atoms with Gasteiger partial charge in [0, 0.05) is 5.92 Å². The van der Waals surface area contributed by atoms with Crippen LogP contribution in [-0.2, 0) is 5.41 Å². The Labute approximate surface area is 132 Å². The van der Waals surface area contributed by atoms with Crippen molar-refractivity contribution >= 4 is 8.07 Å². The van der Waals surface area contributed by atoms with Crippen LogP contribution in [0.3, 0.4) is 0 Å². The smallest absolute Gasteiger partial charge is 0.0771 e. The van der Waals surface area contributed by atoms with E-state index in [2.05, 4.69) is 84.6 Å². The lowest BCUT2D eigenvalue weighted by Crippen LogP contribution is -2.27. The molecule has 2 rings (SSSR count). The first-order valence-corrected chi connectivity index (χ1v) is 11.5. The van der Waals surface area contributed by atoms with Crippen molar-refractivity contribution in [1.82, 2.24) is 0 Å². The van der Waals surface area contributed by atoms with E-state index in [1.165, 1.54) is 22.3 Å². The fourth-order valence-electron chi connectivity index (χ4n) is 3.30. The Bertz CT molecular complexity index is 609. The van der Waals surface area contributed by atoms with E-state index in [4.69, 9.17) is 0 Å². The Balaban J connectivity index is 2.43. The number of hydrogen-bond acceptors (Lipinski definition) is 0. The zero-order valence-electron chi connectivity index (χ0n) is 15.0. The first-order valence-electron chi connectivity index (χ1n) is 8.02. The van der Waals surface area contributed by atoms with Gasteiger partial charge in [-0.15, -0.1) is 0 Å². The summed E-state index contributed by atoms with van der Waals surface area (Å²) in [5.41, 5.74) is 5.87. The molecule has 1 unspecified atom stereocenters. The minimum Gasteiger partial charge on any atom is -0.0775 e. The normalized spacial score (nSPS) is 19.0. The average molecular weight is 299 g/mol. The van der Waals surface area contributed by atoms with Gasteiger partial charge in [-0.25, -0.2) is 0 Å². The lowest BCUT2D eigenvalue weighted by molar-refractivity contribution is 0.445. The summed E-state index contributed by atoms with van der Waals surface area (Å²) in [5.74, 6) is 0.514. The molecule has 0 aliphatic heterocycles. The Morgan fingerprint density at radius 3 is 2.00 bits per heavy atom. The highest BCUT2D eigenvalue weighted by atomic mass is 28.3. The van der Waals surface area contributed by atoms with Gasteiger partial charge in [0.25, 0.3) is 0 Å². The van der Waals surface area contributed by atoms with Crippen LogP contribution in [0, 0.1) is 26.7 Å². The van der Waals surface area contributed by atoms with Gasteiger partial charge in [0.2, 0.25) is 0 Å². The minimum atomic E-state index is -1.20. The van der Waals surface area contributed by atoms with E-state index in [1.807, 2.05) is 0 Å². The quantitative estimate of drug-likeness (QED) is 0.611. The molecule has 0 radical (unpaired) electrons. The predicted octanol–water partition coefficient (Wildman–Crippen LogP) is 5.88. The number of rotatable bonds is 3. The molecule has 1 aliphatic rings. The molecule has 0 saturated carbocycles. The second kappa shape index (κ2) is 5.28. The molecule has 0 fully saturated rings. The van der Waals surface area contributed by atoms with Crippen LogP contribution in [0.1, 0.15) is 36.1 Å². The highest BCUT2D eigenvalue weighted by molar-refractivity contribution is 6.83. The maximum absolute atomic E-state index is 2.53. The van der Waals surface area contributed by atoms with E-state index < -0.39 is 8.07 Å². The fraction of sp³-hybridized carbons (Fsp3) is 0.500. The van der Waals surface area contributed by atoms with Crippen LogP contribution in [0.25, 0.3) is 0 Å². The van der Waals surface area contributed by atoms with Crippen molar-refractivity contribution in [3.05, 3.63) is 57.8 Å². The van der Waals surface area contributed by atoms with Gasteiger partial charge >= 0.3 is 0 Å². The van der Waals surface area contributed by atoms with Crippen molar-refractivity contribution in [3.8, 4) is 0 Å². The molecule has 1 aromatic rings. The summed E-state index contributed by atoms with van der Waals surface area (Å²) in [6.07, 6.45) is 7.33. The first kappa shape index (κ1) is 16.3. The van der Waals surface area contributed by atoms with Crippen molar-refractivity contribution < 1.29 is 0 Å². The molecule has 114 valence electrons. The molecule has 0 heterocycles. The lowest BCUT2D eigenvalue weighted by atomic mass is 9.72. The van der Waals surface area contributed by atoms with Crippen molar-refractivity contribution in [2.45, 2.75) is 59.7 Å². The van der Waals surface area contributed by atoms with Gasteiger partial charge in [0.05, 0.1) is 8.07 Å². The molecule has 1 atom stereocenters. The number of benzene rings is 1. The highest BCUT2D eigenvalue weighted by Gasteiger charge is 2.33. The van der Waals surface area contributed by atoms with Gasteiger partial charge < -0.3 is 0 Å². The molecule has 21 heavy (non-hydrogen) atoms. The molecule has 1 aliphatic carbocycles. The molecule has 0 N–H and O–H groups in total. The highest BCUT2D eigenvalue weighted by Crippen LogP contribution is 2.40. The van der Waals surface area contributed by atoms with Crippen molar-refractivity contribution in [1.29, 1.82) is 0 Å². The van der Waals surface area contributed by atoms with Crippen molar-refractivity contribution in [2.75, 3.05) is 0 Å². The number of allylic oxidation sites excluding steroid dienone is 4. The first-order chi connectivity index (χ1) is 9.53.